The lowest BCUT2D eigenvalue weighted by atomic mass is 9.96. The number of hydrogen-bond acceptors (Lipinski definition) is 4. The summed E-state index contributed by atoms with van der Waals surface area (Å²) >= 11 is 6.04. The van der Waals surface area contributed by atoms with Crippen molar-refractivity contribution in [1.82, 2.24) is 19.7 Å². The minimum Gasteiger partial charge on any atom is -0.440 e. The van der Waals surface area contributed by atoms with Gasteiger partial charge in [0.2, 0.25) is 0 Å². The van der Waals surface area contributed by atoms with E-state index in [2.05, 4.69) is 23.9 Å². The second-order valence-corrected chi connectivity index (χ2v) is 9.01. The van der Waals surface area contributed by atoms with Crippen LogP contribution < -0.4 is 0 Å². The monoisotopic (exact) mass is 448 g/mol. The summed E-state index contributed by atoms with van der Waals surface area (Å²) in [4.78, 5) is 20.0. The van der Waals surface area contributed by atoms with Crippen molar-refractivity contribution in [3.63, 3.8) is 0 Å². The summed E-state index contributed by atoms with van der Waals surface area (Å²) in [7, 11) is 0. The Morgan fingerprint density at radius 2 is 1.81 bits per heavy atom. The summed E-state index contributed by atoms with van der Waals surface area (Å²) < 4.78 is 7.81. The largest absolute Gasteiger partial charge is 0.440 e. The standard InChI is InChI=1S/C25H25ClN4O2/c1-16(2)23-20(15-27-30(23)19-9-7-18(26)8-10-19)25(31)29-13-11-17(12-14-29)24-28-21-5-3-4-6-22(21)32-24/h3-10,15-17H,11-14H2,1-2H3. The molecule has 2 aromatic carbocycles. The smallest absolute Gasteiger partial charge is 0.257 e. The van der Waals surface area contributed by atoms with Gasteiger partial charge in [-0.25, -0.2) is 9.67 Å². The zero-order chi connectivity index (χ0) is 22.2. The normalized spacial score (nSPS) is 15.1. The molecule has 1 amide bonds. The Balaban J connectivity index is 1.34. The summed E-state index contributed by atoms with van der Waals surface area (Å²) in [5.74, 6) is 1.18. The number of carbonyl (C=O) groups excluding carboxylic acids is 1. The van der Waals surface area contributed by atoms with E-state index in [0.29, 0.717) is 23.7 Å². The molecule has 0 spiro atoms. The molecule has 32 heavy (non-hydrogen) atoms. The molecule has 5 rings (SSSR count). The SMILES string of the molecule is CC(C)c1c(C(=O)N2CCC(c3nc4ccccc4o3)CC2)cnn1-c1ccc(Cl)cc1. The second-order valence-electron chi connectivity index (χ2n) is 8.57. The van der Waals surface area contributed by atoms with Crippen LogP contribution in [0, 0.1) is 0 Å². The molecule has 4 aromatic rings. The van der Waals surface area contributed by atoms with Crippen molar-refractivity contribution < 1.29 is 9.21 Å². The van der Waals surface area contributed by atoms with Crippen LogP contribution >= 0.6 is 11.6 Å². The number of nitrogens with zero attached hydrogens (tertiary/aromatic N) is 4. The fraction of sp³-hybridized carbons (Fsp3) is 0.320. The van der Waals surface area contributed by atoms with Gasteiger partial charge in [-0.15, -0.1) is 0 Å². The molecule has 1 fully saturated rings. The molecule has 2 aromatic heterocycles. The summed E-state index contributed by atoms with van der Waals surface area (Å²) in [6.07, 6.45) is 3.36. The van der Waals surface area contributed by atoms with Gasteiger partial charge in [-0.2, -0.15) is 5.10 Å². The van der Waals surface area contributed by atoms with Crippen molar-refractivity contribution in [3.8, 4) is 5.69 Å². The maximum atomic E-state index is 13.4. The first-order valence-corrected chi connectivity index (χ1v) is 11.4. The highest BCUT2D eigenvalue weighted by atomic mass is 35.5. The zero-order valence-corrected chi connectivity index (χ0v) is 18.9. The quantitative estimate of drug-likeness (QED) is 0.395. The number of amides is 1. The van der Waals surface area contributed by atoms with Crippen LogP contribution in [-0.2, 0) is 0 Å². The predicted molar refractivity (Wildman–Crippen MR) is 125 cm³/mol. The van der Waals surface area contributed by atoms with Gasteiger partial charge in [0, 0.05) is 24.0 Å². The maximum Gasteiger partial charge on any atom is 0.257 e. The van der Waals surface area contributed by atoms with Crippen LogP contribution in [0.15, 0.2) is 59.1 Å². The molecular weight excluding hydrogens is 424 g/mol. The topological polar surface area (TPSA) is 64.2 Å². The van der Waals surface area contributed by atoms with Crippen LogP contribution in [0.5, 0.6) is 0 Å². The highest BCUT2D eigenvalue weighted by molar-refractivity contribution is 6.30. The molecule has 0 radical (unpaired) electrons. The predicted octanol–water partition coefficient (Wildman–Crippen LogP) is 5.81. The van der Waals surface area contributed by atoms with E-state index >= 15 is 0 Å². The van der Waals surface area contributed by atoms with Crippen molar-refractivity contribution in [3.05, 3.63) is 76.9 Å². The van der Waals surface area contributed by atoms with Gasteiger partial charge in [0.1, 0.15) is 5.52 Å². The number of carbonyl (C=O) groups is 1. The van der Waals surface area contributed by atoms with Crippen LogP contribution in [-0.4, -0.2) is 38.7 Å². The van der Waals surface area contributed by atoms with E-state index in [9.17, 15) is 4.79 Å². The van der Waals surface area contributed by atoms with Gasteiger partial charge in [0.05, 0.1) is 23.1 Å². The molecule has 0 bridgehead atoms. The number of likely N-dealkylation sites (tertiary alicyclic amines) is 1. The minimum atomic E-state index is 0.0323. The van der Waals surface area contributed by atoms with Crippen LogP contribution in [0.3, 0.4) is 0 Å². The third-order valence-corrected chi connectivity index (χ3v) is 6.35. The lowest BCUT2D eigenvalue weighted by molar-refractivity contribution is 0.0705. The number of rotatable bonds is 4. The summed E-state index contributed by atoms with van der Waals surface area (Å²) in [5.41, 5.74) is 4.18. The van der Waals surface area contributed by atoms with Gasteiger partial charge in [-0.1, -0.05) is 37.6 Å². The lowest BCUT2D eigenvalue weighted by Gasteiger charge is -2.30. The first kappa shape index (κ1) is 20.8. The Labute approximate surface area is 191 Å². The first-order valence-electron chi connectivity index (χ1n) is 11.0. The van der Waals surface area contributed by atoms with E-state index in [-0.39, 0.29) is 17.7 Å². The number of benzene rings is 2. The number of aromatic nitrogens is 3. The Hall–Kier alpha value is -3.12. The van der Waals surface area contributed by atoms with Gasteiger partial charge in [0.15, 0.2) is 11.5 Å². The Morgan fingerprint density at radius 1 is 1.09 bits per heavy atom. The molecule has 0 atom stereocenters. The van der Waals surface area contributed by atoms with Crippen LogP contribution in [0.2, 0.25) is 5.02 Å². The van der Waals surface area contributed by atoms with E-state index < -0.39 is 0 Å². The molecule has 1 saturated heterocycles. The Bertz CT molecular complexity index is 1220. The number of para-hydroxylation sites is 2. The molecule has 6 nitrogen and oxygen atoms in total. The van der Waals surface area contributed by atoms with Crippen molar-refractivity contribution >= 4 is 28.6 Å². The molecule has 7 heteroatoms. The fourth-order valence-electron chi connectivity index (χ4n) is 4.43. The van der Waals surface area contributed by atoms with Crippen molar-refractivity contribution in [2.45, 2.75) is 38.5 Å². The molecule has 164 valence electrons. The highest BCUT2D eigenvalue weighted by Gasteiger charge is 2.30. The number of piperidine rings is 1. The molecule has 1 aliphatic rings. The van der Waals surface area contributed by atoms with Crippen molar-refractivity contribution in [1.29, 1.82) is 0 Å². The fourth-order valence-corrected chi connectivity index (χ4v) is 4.56. The summed E-state index contributed by atoms with van der Waals surface area (Å²) in [6, 6.07) is 15.3. The van der Waals surface area contributed by atoms with Gasteiger partial charge >= 0.3 is 0 Å². The first-order chi connectivity index (χ1) is 15.5. The molecule has 1 aliphatic heterocycles. The third-order valence-electron chi connectivity index (χ3n) is 6.10. The molecule has 0 N–H and O–H groups in total. The zero-order valence-electron chi connectivity index (χ0n) is 18.2. The van der Waals surface area contributed by atoms with Gasteiger partial charge in [-0.05, 0) is 55.2 Å². The average Bonchev–Trinajstić information content (AvgIpc) is 3.44. The molecular formula is C25H25ClN4O2. The highest BCUT2D eigenvalue weighted by Crippen LogP contribution is 2.31. The lowest BCUT2D eigenvalue weighted by Crippen LogP contribution is -2.38. The van der Waals surface area contributed by atoms with Crippen LogP contribution in [0.25, 0.3) is 16.8 Å². The van der Waals surface area contributed by atoms with Gasteiger partial charge < -0.3 is 9.32 Å². The summed E-state index contributed by atoms with van der Waals surface area (Å²) in [6.45, 7) is 5.51. The van der Waals surface area contributed by atoms with E-state index in [4.69, 9.17) is 16.0 Å². The number of fused-ring (bicyclic) bond motifs is 1. The van der Waals surface area contributed by atoms with Crippen molar-refractivity contribution in [2.75, 3.05) is 13.1 Å². The second kappa shape index (κ2) is 8.43. The van der Waals surface area contributed by atoms with E-state index in [1.54, 1.807) is 6.20 Å². The Morgan fingerprint density at radius 3 is 2.50 bits per heavy atom. The van der Waals surface area contributed by atoms with E-state index in [0.717, 1.165) is 41.2 Å². The summed E-state index contributed by atoms with van der Waals surface area (Å²) in [5, 5.41) is 5.21. The molecule has 0 aliphatic carbocycles. The number of hydrogen-bond donors (Lipinski definition) is 0. The van der Waals surface area contributed by atoms with E-state index in [1.807, 2.05) is 58.1 Å². The van der Waals surface area contributed by atoms with Crippen molar-refractivity contribution in [2.24, 2.45) is 0 Å². The van der Waals surface area contributed by atoms with Gasteiger partial charge in [0.25, 0.3) is 5.91 Å². The maximum absolute atomic E-state index is 13.4. The molecule has 3 heterocycles. The van der Waals surface area contributed by atoms with Gasteiger partial charge in [-0.3, -0.25) is 4.79 Å². The number of halogens is 1. The average molecular weight is 449 g/mol. The van der Waals surface area contributed by atoms with E-state index in [1.165, 1.54) is 0 Å². The minimum absolute atomic E-state index is 0.0323. The number of oxazole rings is 1. The molecule has 0 unspecified atom stereocenters. The Kier molecular flexibility index (Phi) is 5.47. The molecule has 0 saturated carbocycles. The third kappa shape index (κ3) is 3.79. The van der Waals surface area contributed by atoms with Crippen LogP contribution in [0.1, 0.15) is 60.5 Å². The van der Waals surface area contributed by atoms with Crippen LogP contribution in [0.4, 0.5) is 0 Å².